The van der Waals surface area contributed by atoms with Crippen LogP contribution in [-0.4, -0.2) is 46.9 Å². The number of nitrogens with one attached hydrogen (secondary N) is 1. The lowest BCUT2D eigenvalue weighted by Gasteiger charge is -2.37. The maximum atomic E-state index is 11.2. The number of rotatable bonds is 3. The zero-order valence-corrected chi connectivity index (χ0v) is 9.22. The maximum absolute atomic E-state index is 11.2. The molecule has 3 aliphatic rings. The summed E-state index contributed by atoms with van der Waals surface area (Å²) in [5, 5.41) is 13.0. The summed E-state index contributed by atoms with van der Waals surface area (Å²) in [5.74, 6) is -0.744. The van der Waals surface area contributed by atoms with Gasteiger partial charge in [0.2, 0.25) is 0 Å². The second-order valence-electron chi connectivity index (χ2n) is 4.32. The number of carboxylic acids is 1. The average molecular weight is 226 g/mol. The number of aliphatic carboxylic acids is 1. The first kappa shape index (κ1) is 9.54. The Hall–Kier alpha value is -0.680. The largest absolute Gasteiger partial charge is 0.477 e. The summed E-state index contributed by atoms with van der Waals surface area (Å²) in [5.41, 5.74) is 0.586. The van der Waals surface area contributed by atoms with Crippen LogP contribution in [0.25, 0.3) is 0 Å². The lowest BCUT2D eigenvalue weighted by atomic mass is 10.0. The molecule has 0 aromatic carbocycles. The van der Waals surface area contributed by atoms with Gasteiger partial charge in [-0.25, -0.2) is 4.79 Å². The van der Waals surface area contributed by atoms with Crippen molar-refractivity contribution < 1.29 is 9.90 Å². The summed E-state index contributed by atoms with van der Waals surface area (Å²) in [4.78, 5) is 14.3. The Morgan fingerprint density at radius 3 is 2.80 bits per heavy atom. The van der Waals surface area contributed by atoms with Crippen LogP contribution in [0.4, 0.5) is 0 Å². The van der Waals surface area contributed by atoms with Gasteiger partial charge in [-0.2, -0.15) is 0 Å². The second kappa shape index (κ2) is 3.42. The quantitative estimate of drug-likeness (QED) is 0.732. The fraction of sp³-hybridized carbons (Fsp3) is 0.700. The lowest BCUT2D eigenvalue weighted by molar-refractivity contribution is -0.135. The molecule has 0 bridgehead atoms. The number of nitrogens with zero attached hydrogens (tertiary/aromatic N) is 1. The first-order valence-electron chi connectivity index (χ1n) is 5.36. The molecular formula is C10H14N2O2S. The Balaban J connectivity index is 1.78. The van der Waals surface area contributed by atoms with E-state index >= 15 is 0 Å². The molecule has 3 rings (SSSR count). The fourth-order valence-corrected chi connectivity index (χ4v) is 3.72. The molecule has 0 aromatic rings. The Kier molecular flexibility index (Phi) is 2.17. The van der Waals surface area contributed by atoms with Crippen LogP contribution in [0, 0.1) is 0 Å². The summed E-state index contributed by atoms with van der Waals surface area (Å²) in [7, 11) is 0. The molecule has 1 atom stereocenters. The predicted octanol–water partition coefficient (Wildman–Crippen LogP) is 0.466. The van der Waals surface area contributed by atoms with Gasteiger partial charge in [-0.3, -0.25) is 0 Å². The first-order valence-corrected chi connectivity index (χ1v) is 6.24. The molecule has 2 saturated heterocycles. The number of carbonyl (C=O) groups is 1. The van der Waals surface area contributed by atoms with Crippen LogP contribution in [-0.2, 0) is 4.79 Å². The molecule has 0 spiro atoms. The summed E-state index contributed by atoms with van der Waals surface area (Å²) in [6.07, 6.45) is 2.12. The van der Waals surface area contributed by atoms with Crippen molar-refractivity contribution >= 4 is 17.7 Å². The highest BCUT2D eigenvalue weighted by molar-refractivity contribution is 8.03. The van der Waals surface area contributed by atoms with Crippen molar-refractivity contribution in [2.24, 2.45) is 0 Å². The average Bonchev–Trinajstić information content (AvgIpc) is 2.32. The van der Waals surface area contributed by atoms with E-state index in [9.17, 15) is 9.90 Å². The van der Waals surface area contributed by atoms with Gasteiger partial charge in [0.25, 0.3) is 0 Å². The van der Waals surface area contributed by atoms with Crippen molar-refractivity contribution in [3.05, 3.63) is 10.6 Å². The SMILES string of the molecule is O=C(O)C1=C(SC2CNC2)CC2CCN12. The van der Waals surface area contributed by atoms with E-state index in [0.29, 0.717) is 17.0 Å². The molecule has 0 radical (unpaired) electrons. The van der Waals surface area contributed by atoms with Gasteiger partial charge in [0, 0.05) is 42.3 Å². The van der Waals surface area contributed by atoms with Crippen LogP contribution in [0.3, 0.4) is 0 Å². The molecule has 2 fully saturated rings. The van der Waals surface area contributed by atoms with Crippen LogP contribution < -0.4 is 5.32 Å². The molecule has 0 amide bonds. The van der Waals surface area contributed by atoms with Crippen molar-refractivity contribution in [2.45, 2.75) is 24.1 Å². The molecule has 0 aliphatic carbocycles. The van der Waals surface area contributed by atoms with E-state index in [1.165, 1.54) is 0 Å². The minimum absolute atomic E-state index is 0.492. The van der Waals surface area contributed by atoms with Gasteiger partial charge in [-0.15, -0.1) is 11.8 Å². The van der Waals surface area contributed by atoms with E-state index in [0.717, 1.165) is 37.4 Å². The Labute approximate surface area is 92.7 Å². The molecule has 0 aromatic heterocycles. The number of hydrogen-bond donors (Lipinski definition) is 2. The fourth-order valence-electron chi connectivity index (χ4n) is 2.31. The number of hydrogen-bond acceptors (Lipinski definition) is 4. The summed E-state index contributed by atoms with van der Waals surface area (Å²) in [6, 6.07) is 0.492. The Bertz CT molecular complexity index is 338. The highest BCUT2D eigenvalue weighted by Crippen LogP contribution is 2.43. The molecule has 1 unspecified atom stereocenters. The monoisotopic (exact) mass is 226 g/mol. The normalized spacial score (nSPS) is 29.9. The molecule has 2 N–H and O–H groups in total. The van der Waals surface area contributed by atoms with Crippen LogP contribution in [0.1, 0.15) is 12.8 Å². The standard InChI is InChI=1S/C10H14N2O2S/c13-10(14)9-8(15-7-4-11-5-7)3-6-1-2-12(6)9/h6-7,11H,1-5H2,(H,13,14). The molecular weight excluding hydrogens is 212 g/mol. The van der Waals surface area contributed by atoms with Crippen molar-refractivity contribution in [2.75, 3.05) is 19.6 Å². The van der Waals surface area contributed by atoms with Gasteiger partial charge in [-0.1, -0.05) is 0 Å². The van der Waals surface area contributed by atoms with Gasteiger partial charge in [0.05, 0.1) is 0 Å². The maximum Gasteiger partial charge on any atom is 0.353 e. The van der Waals surface area contributed by atoms with E-state index in [2.05, 4.69) is 10.2 Å². The summed E-state index contributed by atoms with van der Waals surface area (Å²) >= 11 is 1.77. The van der Waals surface area contributed by atoms with Gasteiger partial charge in [-0.05, 0) is 6.42 Å². The summed E-state index contributed by atoms with van der Waals surface area (Å²) in [6.45, 7) is 2.97. The van der Waals surface area contributed by atoms with Crippen LogP contribution in [0.2, 0.25) is 0 Å². The molecule has 0 saturated carbocycles. The molecule has 5 heteroatoms. The zero-order valence-electron chi connectivity index (χ0n) is 8.40. The second-order valence-corrected chi connectivity index (χ2v) is 5.71. The van der Waals surface area contributed by atoms with E-state index in [1.54, 1.807) is 11.8 Å². The van der Waals surface area contributed by atoms with E-state index in [-0.39, 0.29) is 0 Å². The van der Waals surface area contributed by atoms with Gasteiger partial charge < -0.3 is 15.3 Å². The third-order valence-corrected chi connectivity index (χ3v) is 4.68. The van der Waals surface area contributed by atoms with Crippen molar-refractivity contribution in [3.63, 3.8) is 0 Å². The van der Waals surface area contributed by atoms with Gasteiger partial charge >= 0.3 is 5.97 Å². The predicted molar refractivity (Wildman–Crippen MR) is 58.6 cm³/mol. The smallest absolute Gasteiger partial charge is 0.353 e. The minimum Gasteiger partial charge on any atom is -0.477 e. The van der Waals surface area contributed by atoms with Crippen LogP contribution in [0.15, 0.2) is 10.6 Å². The zero-order chi connectivity index (χ0) is 10.4. The van der Waals surface area contributed by atoms with Gasteiger partial charge in [0.1, 0.15) is 5.70 Å². The van der Waals surface area contributed by atoms with Crippen molar-refractivity contribution in [3.8, 4) is 0 Å². The third kappa shape index (κ3) is 1.45. The Morgan fingerprint density at radius 2 is 2.33 bits per heavy atom. The minimum atomic E-state index is -0.744. The number of carboxylic acid groups (broad SMARTS) is 1. The molecule has 82 valence electrons. The molecule has 3 aliphatic heterocycles. The van der Waals surface area contributed by atoms with Crippen molar-refractivity contribution in [1.29, 1.82) is 0 Å². The Morgan fingerprint density at radius 1 is 1.53 bits per heavy atom. The highest BCUT2D eigenvalue weighted by Gasteiger charge is 2.42. The third-order valence-electron chi connectivity index (χ3n) is 3.37. The molecule has 4 nitrogen and oxygen atoms in total. The molecule has 15 heavy (non-hydrogen) atoms. The topological polar surface area (TPSA) is 52.6 Å². The summed E-state index contributed by atoms with van der Waals surface area (Å²) < 4.78 is 0. The number of thioether (sulfide) groups is 1. The lowest BCUT2D eigenvalue weighted by Crippen LogP contribution is -2.44. The number of fused-ring (bicyclic) bond motifs is 1. The van der Waals surface area contributed by atoms with E-state index < -0.39 is 5.97 Å². The highest BCUT2D eigenvalue weighted by atomic mass is 32.2. The van der Waals surface area contributed by atoms with E-state index in [1.807, 2.05) is 0 Å². The van der Waals surface area contributed by atoms with E-state index in [4.69, 9.17) is 0 Å². The van der Waals surface area contributed by atoms with Gasteiger partial charge in [0.15, 0.2) is 0 Å². The van der Waals surface area contributed by atoms with Crippen molar-refractivity contribution in [1.82, 2.24) is 10.2 Å². The van der Waals surface area contributed by atoms with Crippen LogP contribution in [0.5, 0.6) is 0 Å². The first-order chi connectivity index (χ1) is 7.25. The molecule has 3 heterocycles. The van der Waals surface area contributed by atoms with Crippen LogP contribution >= 0.6 is 11.8 Å².